The van der Waals surface area contributed by atoms with E-state index in [9.17, 15) is 9.59 Å². The van der Waals surface area contributed by atoms with E-state index < -0.39 is 5.97 Å². The summed E-state index contributed by atoms with van der Waals surface area (Å²) in [6.07, 6.45) is 3.04. The van der Waals surface area contributed by atoms with Crippen LogP contribution in [0, 0.1) is 6.92 Å². The van der Waals surface area contributed by atoms with Crippen LogP contribution >= 0.6 is 0 Å². The molecule has 0 fully saturated rings. The van der Waals surface area contributed by atoms with Gasteiger partial charge in [0, 0.05) is 23.5 Å². The zero-order valence-corrected chi connectivity index (χ0v) is 15.0. The topological polar surface area (TPSA) is 66.4 Å². The Hall–Kier alpha value is -2.88. The highest BCUT2D eigenvalue weighted by molar-refractivity contribution is 6.04. The van der Waals surface area contributed by atoms with E-state index in [-0.39, 0.29) is 16.8 Å². The predicted molar refractivity (Wildman–Crippen MR) is 100 cm³/mol. The van der Waals surface area contributed by atoms with Crippen LogP contribution in [-0.4, -0.2) is 16.9 Å². The zero-order valence-electron chi connectivity index (χ0n) is 15.0. The van der Waals surface area contributed by atoms with Crippen LogP contribution in [0.1, 0.15) is 52.6 Å². The second-order valence-electron chi connectivity index (χ2n) is 7.00. The monoisotopic (exact) mass is 337 g/mol. The van der Waals surface area contributed by atoms with Crippen LogP contribution in [0.5, 0.6) is 0 Å². The molecule has 0 saturated carbocycles. The third-order valence-electron chi connectivity index (χ3n) is 3.98. The number of hydrogen-bond donors (Lipinski definition) is 2. The van der Waals surface area contributed by atoms with Crippen LogP contribution in [-0.2, 0) is 5.41 Å². The second kappa shape index (κ2) is 7.34. The Morgan fingerprint density at radius 2 is 1.60 bits per heavy atom. The van der Waals surface area contributed by atoms with E-state index in [1.54, 1.807) is 18.3 Å². The van der Waals surface area contributed by atoms with Gasteiger partial charge in [-0.05, 0) is 41.7 Å². The van der Waals surface area contributed by atoms with Gasteiger partial charge in [-0.3, -0.25) is 4.79 Å². The highest BCUT2D eigenvalue weighted by atomic mass is 16.4. The van der Waals surface area contributed by atoms with E-state index in [0.717, 1.165) is 11.3 Å². The lowest BCUT2D eigenvalue weighted by Gasteiger charge is -2.18. The van der Waals surface area contributed by atoms with E-state index in [4.69, 9.17) is 5.11 Å². The fourth-order valence-electron chi connectivity index (χ4n) is 2.40. The maximum atomic E-state index is 12.2. The zero-order chi connectivity index (χ0) is 18.6. The summed E-state index contributed by atoms with van der Waals surface area (Å²) >= 11 is 0. The standard InChI is InChI=1S/C21H23NO3/c1-14-13-16(20(24)25)7-10-18(14)22-12-11-19(23)15-5-8-17(9-6-15)21(2,3)4/h5-13,22H,1-4H3,(H,24,25). The second-order valence-corrected chi connectivity index (χ2v) is 7.00. The lowest BCUT2D eigenvalue weighted by molar-refractivity contribution is 0.0696. The van der Waals surface area contributed by atoms with Gasteiger partial charge in [-0.1, -0.05) is 45.0 Å². The number of aromatic carboxylic acids is 1. The normalized spacial score (nSPS) is 11.5. The molecule has 0 unspecified atom stereocenters. The fourth-order valence-corrected chi connectivity index (χ4v) is 2.40. The molecule has 130 valence electrons. The van der Waals surface area contributed by atoms with Crippen molar-refractivity contribution in [3.63, 3.8) is 0 Å². The Morgan fingerprint density at radius 1 is 1.00 bits per heavy atom. The third kappa shape index (κ3) is 4.80. The molecule has 2 N–H and O–H groups in total. The van der Waals surface area contributed by atoms with Crippen molar-refractivity contribution in [2.45, 2.75) is 33.1 Å². The van der Waals surface area contributed by atoms with Gasteiger partial charge in [0.15, 0.2) is 5.78 Å². The largest absolute Gasteiger partial charge is 0.478 e. The molecule has 0 heterocycles. The van der Waals surface area contributed by atoms with Crippen LogP contribution in [0.25, 0.3) is 0 Å². The minimum atomic E-state index is -0.959. The van der Waals surface area contributed by atoms with Gasteiger partial charge < -0.3 is 10.4 Å². The Balaban J connectivity index is 2.04. The number of aryl methyl sites for hydroxylation is 1. The quantitative estimate of drug-likeness (QED) is 0.607. The highest BCUT2D eigenvalue weighted by Gasteiger charge is 2.13. The van der Waals surface area contributed by atoms with Crippen LogP contribution in [0.15, 0.2) is 54.7 Å². The van der Waals surface area contributed by atoms with Crippen molar-refractivity contribution in [3.8, 4) is 0 Å². The summed E-state index contributed by atoms with van der Waals surface area (Å²) in [6, 6.07) is 12.4. The molecule has 0 bridgehead atoms. The number of carbonyl (C=O) groups excluding carboxylic acids is 1. The maximum Gasteiger partial charge on any atom is 0.335 e. The van der Waals surface area contributed by atoms with Crippen molar-refractivity contribution in [2.75, 3.05) is 5.32 Å². The summed E-state index contributed by atoms with van der Waals surface area (Å²) in [5, 5.41) is 12.0. The lowest BCUT2D eigenvalue weighted by atomic mass is 9.86. The van der Waals surface area contributed by atoms with Crippen molar-refractivity contribution >= 4 is 17.4 Å². The number of benzene rings is 2. The molecule has 2 aromatic rings. The number of hydrogen-bond acceptors (Lipinski definition) is 3. The molecule has 2 rings (SSSR count). The van der Waals surface area contributed by atoms with Crippen LogP contribution in [0.2, 0.25) is 0 Å². The molecule has 2 aromatic carbocycles. The molecule has 0 saturated heterocycles. The highest BCUT2D eigenvalue weighted by Crippen LogP contribution is 2.22. The Bertz CT molecular complexity index is 812. The molecule has 25 heavy (non-hydrogen) atoms. The third-order valence-corrected chi connectivity index (χ3v) is 3.98. The molecule has 0 atom stereocenters. The number of carbonyl (C=O) groups is 2. The van der Waals surface area contributed by atoms with Gasteiger partial charge >= 0.3 is 5.97 Å². The average Bonchev–Trinajstić information content (AvgIpc) is 2.55. The van der Waals surface area contributed by atoms with Gasteiger partial charge in [0.2, 0.25) is 0 Å². The van der Waals surface area contributed by atoms with Crippen molar-refractivity contribution in [3.05, 3.63) is 77.0 Å². The molecule has 0 amide bonds. The molecule has 0 aliphatic carbocycles. The summed E-state index contributed by atoms with van der Waals surface area (Å²) in [5.74, 6) is -1.05. The van der Waals surface area contributed by atoms with E-state index in [1.807, 2.05) is 31.2 Å². The number of ketones is 1. The van der Waals surface area contributed by atoms with E-state index in [2.05, 4.69) is 26.1 Å². The number of anilines is 1. The molecule has 0 radical (unpaired) electrons. The van der Waals surface area contributed by atoms with Gasteiger partial charge in [0.25, 0.3) is 0 Å². The van der Waals surface area contributed by atoms with E-state index in [0.29, 0.717) is 5.56 Å². The van der Waals surface area contributed by atoms with Gasteiger partial charge in [-0.25, -0.2) is 4.79 Å². The summed E-state index contributed by atoms with van der Waals surface area (Å²) < 4.78 is 0. The molecule has 0 aromatic heterocycles. The van der Waals surface area contributed by atoms with Crippen LogP contribution < -0.4 is 5.32 Å². The average molecular weight is 337 g/mol. The van der Waals surface area contributed by atoms with E-state index in [1.165, 1.54) is 17.7 Å². The van der Waals surface area contributed by atoms with Crippen molar-refractivity contribution < 1.29 is 14.7 Å². The summed E-state index contributed by atoms with van der Waals surface area (Å²) in [6.45, 7) is 8.21. The smallest absolute Gasteiger partial charge is 0.335 e. The Kier molecular flexibility index (Phi) is 5.42. The summed E-state index contributed by atoms with van der Waals surface area (Å²) in [4.78, 5) is 23.2. The first-order chi connectivity index (χ1) is 11.7. The molecule has 4 nitrogen and oxygen atoms in total. The van der Waals surface area contributed by atoms with E-state index >= 15 is 0 Å². The number of rotatable bonds is 5. The molecule has 0 spiro atoms. The number of allylic oxidation sites excluding steroid dienone is 1. The van der Waals surface area contributed by atoms with Gasteiger partial charge in [0.1, 0.15) is 0 Å². The van der Waals surface area contributed by atoms with Gasteiger partial charge in [-0.15, -0.1) is 0 Å². The Labute approximate surface area is 148 Å². The maximum absolute atomic E-state index is 12.2. The van der Waals surface area contributed by atoms with Crippen LogP contribution in [0.3, 0.4) is 0 Å². The minimum Gasteiger partial charge on any atom is -0.478 e. The van der Waals surface area contributed by atoms with Gasteiger partial charge in [0.05, 0.1) is 5.56 Å². The first kappa shape index (κ1) is 18.5. The molecular weight excluding hydrogens is 314 g/mol. The number of carboxylic acids is 1. The first-order valence-corrected chi connectivity index (χ1v) is 8.10. The SMILES string of the molecule is Cc1cc(C(=O)O)ccc1NC=CC(=O)c1ccc(C(C)(C)C)cc1. The van der Waals surface area contributed by atoms with Gasteiger partial charge in [-0.2, -0.15) is 0 Å². The number of nitrogens with one attached hydrogen (secondary N) is 1. The molecule has 0 aliphatic rings. The lowest BCUT2D eigenvalue weighted by Crippen LogP contribution is -2.11. The van der Waals surface area contributed by atoms with Crippen molar-refractivity contribution in [1.82, 2.24) is 0 Å². The number of carboxylic acid groups (broad SMARTS) is 1. The molecule has 0 aliphatic heterocycles. The Morgan fingerprint density at radius 3 is 2.12 bits per heavy atom. The predicted octanol–water partition coefficient (Wildman–Crippen LogP) is 4.80. The minimum absolute atomic E-state index is 0.0542. The molecular formula is C21H23NO3. The first-order valence-electron chi connectivity index (χ1n) is 8.10. The fraction of sp³-hybridized carbons (Fsp3) is 0.238. The van der Waals surface area contributed by atoms with Crippen LogP contribution in [0.4, 0.5) is 5.69 Å². The molecule has 4 heteroatoms. The van der Waals surface area contributed by atoms with Crippen molar-refractivity contribution in [1.29, 1.82) is 0 Å². The van der Waals surface area contributed by atoms with Crippen molar-refractivity contribution in [2.24, 2.45) is 0 Å². The summed E-state index contributed by atoms with van der Waals surface area (Å²) in [5.41, 5.74) is 3.66. The summed E-state index contributed by atoms with van der Waals surface area (Å²) in [7, 11) is 0.